The monoisotopic (exact) mass is 343 g/mol. The van der Waals surface area contributed by atoms with Gasteiger partial charge < -0.3 is 5.32 Å². The molecule has 0 saturated heterocycles. The molecule has 0 saturated carbocycles. The smallest absolute Gasteiger partial charge is 0.380 e. The van der Waals surface area contributed by atoms with Crippen LogP contribution in [-0.4, -0.2) is 0 Å². The van der Waals surface area contributed by atoms with Crippen molar-refractivity contribution in [3.63, 3.8) is 0 Å². The lowest BCUT2D eigenvalue weighted by molar-refractivity contribution is -0.137. The highest BCUT2D eigenvalue weighted by Gasteiger charge is 2.33. The van der Waals surface area contributed by atoms with Crippen LogP contribution in [0.5, 0.6) is 0 Å². The van der Waals surface area contributed by atoms with Crippen molar-refractivity contribution in [2.45, 2.75) is 19.6 Å². The van der Waals surface area contributed by atoms with Crippen LogP contribution in [0, 0.1) is 6.92 Å². The summed E-state index contributed by atoms with van der Waals surface area (Å²) >= 11 is 3.07. The summed E-state index contributed by atoms with van der Waals surface area (Å²) in [7, 11) is 0. The van der Waals surface area contributed by atoms with Crippen molar-refractivity contribution >= 4 is 21.6 Å². The number of aryl methyl sites for hydroxylation is 1. The number of alkyl halides is 3. The van der Waals surface area contributed by atoms with E-state index < -0.39 is 11.7 Å². The quantitative estimate of drug-likeness (QED) is 0.787. The van der Waals surface area contributed by atoms with Crippen molar-refractivity contribution in [3.05, 3.63) is 63.6 Å². The van der Waals surface area contributed by atoms with Crippen molar-refractivity contribution in [3.8, 4) is 0 Å². The first-order valence-electron chi connectivity index (χ1n) is 6.02. The second-order valence-corrected chi connectivity index (χ2v) is 5.45. The van der Waals surface area contributed by atoms with E-state index in [9.17, 15) is 13.2 Å². The van der Waals surface area contributed by atoms with E-state index >= 15 is 0 Å². The average molecular weight is 344 g/mol. The molecule has 1 nitrogen and oxygen atoms in total. The molecule has 2 aromatic carbocycles. The number of rotatable bonds is 3. The molecule has 1 N–H and O–H groups in total. The molecule has 2 rings (SSSR count). The molecule has 0 aromatic heterocycles. The average Bonchev–Trinajstić information content (AvgIpc) is 2.36. The highest BCUT2D eigenvalue weighted by molar-refractivity contribution is 9.10. The van der Waals surface area contributed by atoms with Crippen LogP contribution in [0.15, 0.2) is 46.9 Å². The van der Waals surface area contributed by atoms with Gasteiger partial charge in [0, 0.05) is 16.7 Å². The van der Waals surface area contributed by atoms with Gasteiger partial charge in [0.25, 0.3) is 0 Å². The van der Waals surface area contributed by atoms with Gasteiger partial charge in [-0.15, -0.1) is 0 Å². The third-order valence-corrected chi connectivity index (χ3v) is 3.35. The molecule has 0 heterocycles. The fourth-order valence-electron chi connectivity index (χ4n) is 1.92. The zero-order valence-corrected chi connectivity index (χ0v) is 12.3. The predicted octanol–water partition coefficient (Wildman–Crippen LogP) is 5.39. The van der Waals surface area contributed by atoms with Gasteiger partial charge in [-0.3, -0.25) is 0 Å². The first-order chi connectivity index (χ1) is 9.36. The third kappa shape index (κ3) is 3.76. The standard InChI is InChI=1S/C15H13BrF3N/c1-10-3-2-4-11(7-10)9-20-14-6-5-12(16)8-13(14)15(17,18)19/h2-8,20H,9H2,1H3. The van der Waals surface area contributed by atoms with Crippen molar-refractivity contribution in [2.75, 3.05) is 5.32 Å². The molecule has 0 aliphatic carbocycles. The van der Waals surface area contributed by atoms with E-state index in [-0.39, 0.29) is 5.69 Å². The minimum Gasteiger partial charge on any atom is -0.380 e. The molecule has 20 heavy (non-hydrogen) atoms. The predicted molar refractivity (Wildman–Crippen MR) is 77.6 cm³/mol. The molecular formula is C15H13BrF3N. The van der Waals surface area contributed by atoms with Gasteiger partial charge in [-0.05, 0) is 30.7 Å². The second kappa shape index (κ2) is 5.87. The topological polar surface area (TPSA) is 12.0 Å². The lowest BCUT2D eigenvalue weighted by atomic mass is 10.1. The zero-order chi connectivity index (χ0) is 14.8. The van der Waals surface area contributed by atoms with Gasteiger partial charge in [0.15, 0.2) is 0 Å². The summed E-state index contributed by atoms with van der Waals surface area (Å²) in [6, 6.07) is 11.8. The Morgan fingerprint density at radius 1 is 1.10 bits per heavy atom. The zero-order valence-electron chi connectivity index (χ0n) is 10.8. The Balaban J connectivity index is 2.21. The van der Waals surface area contributed by atoms with E-state index in [0.717, 1.165) is 17.2 Å². The number of anilines is 1. The van der Waals surface area contributed by atoms with Crippen molar-refractivity contribution in [1.29, 1.82) is 0 Å². The molecular weight excluding hydrogens is 331 g/mol. The molecule has 0 spiro atoms. The molecule has 0 aliphatic heterocycles. The van der Waals surface area contributed by atoms with Crippen LogP contribution in [0.1, 0.15) is 16.7 Å². The molecule has 0 unspecified atom stereocenters. The first kappa shape index (κ1) is 14.9. The summed E-state index contributed by atoms with van der Waals surface area (Å²) in [5, 5.41) is 2.85. The maximum Gasteiger partial charge on any atom is 0.418 e. The number of benzene rings is 2. The molecule has 2 aromatic rings. The molecule has 0 fully saturated rings. The van der Waals surface area contributed by atoms with E-state index in [1.54, 1.807) is 6.07 Å². The minimum absolute atomic E-state index is 0.0854. The third-order valence-electron chi connectivity index (χ3n) is 2.85. The molecule has 0 bridgehead atoms. The lowest BCUT2D eigenvalue weighted by Gasteiger charge is -2.15. The number of halogens is 4. The normalized spacial score (nSPS) is 11.4. The summed E-state index contributed by atoms with van der Waals surface area (Å²) in [5.41, 5.74) is 1.44. The Labute approximate surface area is 123 Å². The maximum absolute atomic E-state index is 13.0. The molecule has 106 valence electrons. The van der Waals surface area contributed by atoms with Gasteiger partial charge in [-0.1, -0.05) is 45.8 Å². The first-order valence-corrected chi connectivity index (χ1v) is 6.82. The van der Waals surface area contributed by atoms with Crippen LogP contribution in [-0.2, 0) is 12.7 Å². The molecule has 0 radical (unpaired) electrons. The molecule has 0 aliphatic rings. The fourth-order valence-corrected chi connectivity index (χ4v) is 2.29. The highest BCUT2D eigenvalue weighted by Crippen LogP contribution is 2.36. The minimum atomic E-state index is -4.38. The maximum atomic E-state index is 13.0. The summed E-state index contributed by atoms with van der Waals surface area (Å²) in [5.74, 6) is 0. The molecule has 0 amide bonds. The van der Waals surface area contributed by atoms with Gasteiger partial charge in [-0.2, -0.15) is 13.2 Å². The van der Waals surface area contributed by atoms with Gasteiger partial charge >= 0.3 is 6.18 Å². The largest absolute Gasteiger partial charge is 0.418 e. The van der Waals surface area contributed by atoms with E-state index in [2.05, 4.69) is 21.2 Å². The van der Waals surface area contributed by atoms with Crippen molar-refractivity contribution in [2.24, 2.45) is 0 Å². The van der Waals surface area contributed by atoms with Crippen LogP contribution in [0.2, 0.25) is 0 Å². The second-order valence-electron chi connectivity index (χ2n) is 4.53. The summed E-state index contributed by atoms with van der Waals surface area (Å²) < 4.78 is 39.3. The van der Waals surface area contributed by atoms with Crippen LogP contribution in [0.25, 0.3) is 0 Å². The summed E-state index contributed by atoms with van der Waals surface area (Å²) in [6.07, 6.45) is -4.38. The van der Waals surface area contributed by atoms with Crippen LogP contribution >= 0.6 is 15.9 Å². The van der Waals surface area contributed by atoms with Crippen molar-refractivity contribution < 1.29 is 13.2 Å². The van der Waals surface area contributed by atoms with Crippen LogP contribution in [0.4, 0.5) is 18.9 Å². The van der Waals surface area contributed by atoms with Crippen LogP contribution in [0.3, 0.4) is 0 Å². The highest BCUT2D eigenvalue weighted by atomic mass is 79.9. The summed E-state index contributed by atoms with van der Waals surface area (Å²) in [6.45, 7) is 2.30. The fraction of sp³-hybridized carbons (Fsp3) is 0.200. The van der Waals surface area contributed by atoms with Crippen molar-refractivity contribution in [1.82, 2.24) is 0 Å². The van der Waals surface area contributed by atoms with E-state index in [4.69, 9.17) is 0 Å². The SMILES string of the molecule is Cc1cccc(CNc2ccc(Br)cc2C(F)(F)F)c1. The number of nitrogens with one attached hydrogen (secondary N) is 1. The Morgan fingerprint density at radius 2 is 1.85 bits per heavy atom. The summed E-state index contributed by atoms with van der Waals surface area (Å²) in [4.78, 5) is 0. The Kier molecular flexibility index (Phi) is 4.38. The van der Waals surface area contributed by atoms with E-state index in [1.165, 1.54) is 6.07 Å². The van der Waals surface area contributed by atoms with Crippen LogP contribution < -0.4 is 5.32 Å². The molecule has 0 atom stereocenters. The number of hydrogen-bond acceptors (Lipinski definition) is 1. The Morgan fingerprint density at radius 3 is 2.50 bits per heavy atom. The Hall–Kier alpha value is -1.49. The Bertz CT molecular complexity index is 608. The van der Waals surface area contributed by atoms with Gasteiger partial charge in [0.1, 0.15) is 0 Å². The molecule has 5 heteroatoms. The van der Waals surface area contributed by atoms with Gasteiger partial charge in [0.2, 0.25) is 0 Å². The van der Waals surface area contributed by atoms with E-state index in [0.29, 0.717) is 11.0 Å². The van der Waals surface area contributed by atoms with Gasteiger partial charge in [-0.25, -0.2) is 0 Å². The van der Waals surface area contributed by atoms with Gasteiger partial charge in [0.05, 0.1) is 5.56 Å². The number of hydrogen-bond donors (Lipinski definition) is 1. The lowest BCUT2D eigenvalue weighted by Crippen LogP contribution is -2.11. The van der Waals surface area contributed by atoms with E-state index in [1.807, 2.05) is 31.2 Å².